The number of rotatable bonds is 6. The third kappa shape index (κ3) is 4.42. The van der Waals surface area contributed by atoms with Gasteiger partial charge in [-0.3, -0.25) is 9.78 Å². The van der Waals surface area contributed by atoms with E-state index in [1.54, 1.807) is 42.6 Å². The minimum Gasteiger partial charge on any atom is -0.397 e. The van der Waals surface area contributed by atoms with Crippen molar-refractivity contribution in [3.63, 3.8) is 0 Å². The molecule has 6 heteroatoms. The van der Waals surface area contributed by atoms with Crippen molar-refractivity contribution < 1.29 is 4.79 Å². The standard InChI is InChI=1S/C23H21N5O/c1-3-10-26-18-12-17(13-24)22(27-14-18)16-8-9-19(15(2)11-16)23(29)28-21-7-5-4-6-20(21)25/h3-9,11-12,14,26H,1,10,25H2,2H3,(H,28,29). The lowest BCUT2D eigenvalue weighted by molar-refractivity contribution is 0.102. The summed E-state index contributed by atoms with van der Waals surface area (Å²) in [5.74, 6) is -0.246. The van der Waals surface area contributed by atoms with Gasteiger partial charge >= 0.3 is 0 Å². The summed E-state index contributed by atoms with van der Waals surface area (Å²) < 4.78 is 0. The van der Waals surface area contributed by atoms with Gasteiger partial charge in [0.2, 0.25) is 0 Å². The highest BCUT2D eigenvalue weighted by atomic mass is 16.1. The number of aromatic nitrogens is 1. The Morgan fingerprint density at radius 2 is 2.07 bits per heavy atom. The van der Waals surface area contributed by atoms with Gasteiger partial charge in [-0.15, -0.1) is 6.58 Å². The zero-order valence-electron chi connectivity index (χ0n) is 16.1. The molecule has 0 radical (unpaired) electrons. The second-order valence-electron chi connectivity index (χ2n) is 6.47. The first kappa shape index (κ1) is 19.6. The van der Waals surface area contributed by atoms with Crippen LogP contribution in [-0.2, 0) is 0 Å². The quantitative estimate of drug-likeness (QED) is 0.433. The second-order valence-corrected chi connectivity index (χ2v) is 6.47. The molecular formula is C23H21N5O. The van der Waals surface area contributed by atoms with E-state index >= 15 is 0 Å². The first-order valence-electron chi connectivity index (χ1n) is 9.05. The summed E-state index contributed by atoms with van der Waals surface area (Å²) in [5, 5.41) is 15.5. The van der Waals surface area contributed by atoms with Gasteiger partial charge in [0.25, 0.3) is 5.91 Å². The van der Waals surface area contributed by atoms with E-state index in [1.807, 2.05) is 25.1 Å². The average molecular weight is 383 g/mol. The third-order valence-electron chi connectivity index (χ3n) is 4.41. The van der Waals surface area contributed by atoms with Crippen LogP contribution in [0.15, 0.2) is 67.4 Å². The van der Waals surface area contributed by atoms with Crippen molar-refractivity contribution in [2.75, 3.05) is 22.9 Å². The number of nitriles is 1. The van der Waals surface area contributed by atoms with Crippen LogP contribution >= 0.6 is 0 Å². The van der Waals surface area contributed by atoms with E-state index in [4.69, 9.17) is 5.73 Å². The summed E-state index contributed by atoms with van der Waals surface area (Å²) in [7, 11) is 0. The topological polar surface area (TPSA) is 104 Å². The van der Waals surface area contributed by atoms with Crippen LogP contribution in [0.5, 0.6) is 0 Å². The first-order valence-corrected chi connectivity index (χ1v) is 9.05. The number of amides is 1. The number of carbonyl (C=O) groups is 1. The maximum absolute atomic E-state index is 12.7. The summed E-state index contributed by atoms with van der Waals surface area (Å²) in [4.78, 5) is 17.1. The van der Waals surface area contributed by atoms with Crippen molar-refractivity contribution in [2.45, 2.75) is 6.92 Å². The molecule has 3 rings (SSSR count). The van der Waals surface area contributed by atoms with Gasteiger partial charge in [0.1, 0.15) is 6.07 Å². The lowest BCUT2D eigenvalue weighted by atomic mass is 10.00. The number of aryl methyl sites for hydroxylation is 1. The number of pyridine rings is 1. The average Bonchev–Trinajstić information content (AvgIpc) is 2.73. The van der Waals surface area contributed by atoms with Crippen LogP contribution in [0.3, 0.4) is 0 Å². The van der Waals surface area contributed by atoms with Gasteiger partial charge in [-0.25, -0.2) is 0 Å². The Kier molecular flexibility index (Phi) is 5.91. The Hall–Kier alpha value is -4.11. The van der Waals surface area contributed by atoms with E-state index in [9.17, 15) is 10.1 Å². The molecule has 0 aliphatic carbocycles. The largest absolute Gasteiger partial charge is 0.397 e. The number of nitrogens with one attached hydrogen (secondary N) is 2. The number of carbonyl (C=O) groups excluding carboxylic acids is 1. The fraction of sp³-hybridized carbons (Fsp3) is 0.0870. The lowest BCUT2D eigenvalue weighted by Gasteiger charge is -2.12. The van der Waals surface area contributed by atoms with Crippen LogP contribution < -0.4 is 16.4 Å². The second kappa shape index (κ2) is 8.72. The van der Waals surface area contributed by atoms with Crippen LogP contribution in [0.4, 0.5) is 17.1 Å². The fourth-order valence-corrected chi connectivity index (χ4v) is 2.93. The SMILES string of the molecule is C=CCNc1cnc(-c2ccc(C(=O)Nc3ccccc3N)c(C)c2)c(C#N)c1. The number of anilines is 3. The van der Waals surface area contributed by atoms with Crippen LogP contribution in [0.25, 0.3) is 11.3 Å². The molecule has 0 aliphatic rings. The van der Waals surface area contributed by atoms with Gasteiger partial charge < -0.3 is 16.4 Å². The van der Waals surface area contributed by atoms with Crippen molar-refractivity contribution in [3.05, 3.63) is 84.1 Å². The van der Waals surface area contributed by atoms with Gasteiger partial charge in [0.15, 0.2) is 0 Å². The van der Waals surface area contributed by atoms with Crippen LogP contribution in [-0.4, -0.2) is 17.4 Å². The molecule has 0 saturated heterocycles. The van der Waals surface area contributed by atoms with Crippen molar-refractivity contribution in [3.8, 4) is 17.3 Å². The van der Waals surface area contributed by atoms with E-state index < -0.39 is 0 Å². The molecule has 0 unspecified atom stereocenters. The maximum atomic E-state index is 12.7. The lowest BCUT2D eigenvalue weighted by Crippen LogP contribution is -2.14. The van der Waals surface area contributed by atoms with Gasteiger partial charge in [0.05, 0.1) is 34.5 Å². The fourth-order valence-electron chi connectivity index (χ4n) is 2.93. The smallest absolute Gasteiger partial charge is 0.255 e. The summed E-state index contributed by atoms with van der Waals surface area (Å²) >= 11 is 0. The Labute approximate surface area is 169 Å². The molecule has 1 amide bonds. The molecule has 0 bridgehead atoms. The molecule has 2 aromatic carbocycles. The van der Waals surface area contributed by atoms with E-state index in [-0.39, 0.29) is 5.91 Å². The molecule has 0 saturated carbocycles. The first-order chi connectivity index (χ1) is 14.0. The maximum Gasteiger partial charge on any atom is 0.255 e. The number of hydrogen-bond donors (Lipinski definition) is 3. The molecular weight excluding hydrogens is 362 g/mol. The van der Waals surface area contributed by atoms with E-state index in [0.29, 0.717) is 34.7 Å². The van der Waals surface area contributed by atoms with Crippen molar-refractivity contribution in [1.82, 2.24) is 4.98 Å². The summed E-state index contributed by atoms with van der Waals surface area (Å²) in [5.41, 5.74) is 10.8. The monoisotopic (exact) mass is 383 g/mol. The summed E-state index contributed by atoms with van der Waals surface area (Å²) in [6.07, 6.45) is 3.41. The highest BCUT2D eigenvalue weighted by Crippen LogP contribution is 2.26. The molecule has 0 spiro atoms. The molecule has 4 N–H and O–H groups in total. The highest BCUT2D eigenvalue weighted by Gasteiger charge is 2.14. The zero-order chi connectivity index (χ0) is 20.8. The van der Waals surface area contributed by atoms with E-state index in [0.717, 1.165) is 16.8 Å². The number of nitrogen functional groups attached to an aromatic ring is 1. The molecule has 29 heavy (non-hydrogen) atoms. The Balaban J connectivity index is 1.88. The predicted molar refractivity (Wildman–Crippen MR) is 117 cm³/mol. The number of benzene rings is 2. The van der Waals surface area contributed by atoms with Crippen LogP contribution in [0.1, 0.15) is 21.5 Å². The molecule has 6 nitrogen and oxygen atoms in total. The molecule has 144 valence electrons. The van der Waals surface area contributed by atoms with Crippen molar-refractivity contribution in [1.29, 1.82) is 5.26 Å². The van der Waals surface area contributed by atoms with E-state index in [1.165, 1.54) is 0 Å². The number of nitrogens with zero attached hydrogens (tertiary/aromatic N) is 2. The number of para-hydroxylation sites is 2. The van der Waals surface area contributed by atoms with Gasteiger partial charge in [-0.05, 0) is 42.8 Å². The molecule has 0 aliphatic heterocycles. The van der Waals surface area contributed by atoms with Crippen molar-refractivity contribution in [2.24, 2.45) is 0 Å². The molecule has 0 fully saturated rings. The normalized spacial score (nSPS) is 10.1. The van der Waals surface area contributed by atoms with Gasteiger partial charge in [-0.2, -0.15) is 5.26 Å². The summed E-state index contributed by atoms with van der Waals surface area (Å²) in [6, 6.07) is 16.4. The highest BCUT2D eigenvalue weighted by molar-refractivity contribution is 6.06. The molecule has 1 heterocycles. The molecule has 0 atom stereocenters. The number of nitrogens with two attached hydrogens (primary N) is 1. The molecule has 1 aromatic heterocycles. The Morgan fingerprint density at radius 3 is 2.76 bits per heavy atom. The molecule has 3 aromatic rings. The Morgan fingerprint density at radius 1 is 1.28 bits per heavy atom. The minimum absolute atomic E-state index is 0.246. The third-order valence-corrected chi connectivity index (χ3v) is 4.41. The Bertz CT molecular complexity index is 1110. The minimum atomic E-state index is -0.246. The predicted octanol–water partition coefficient (Wildman–Crippen LogP) is 4.36. The van der Waals surface area contributed by atoms with Crippen LogP contribution in [0.2, 0.25) is 0 Å². The number of hydrogen-bond acceptors (Lipinski definition) is 5. The zero-order valence-corrected chi connectivity index (χ0v) is 16.1. The van der Waals surface area contributed by atoms with E-state index in [2.05, 4.69) is 28.3 Å². The summed E-state index contributed by atoms with van der Waals surface area (Å²) in [6.45, 7) is 6.09. The van der Waals surface area contributed by atoms with Gasteiger partial charge in [-0.1, -0.05) is 24.3 Å². The van der Waals surface area contributed by atoms with Gasteiger partial charge in [0, 0.05) is 17.7 Å². The van der Waals surface area contributed by atoms with Crippen LogP contribution in [0, 0.1) is 18.3 Å². The van der Waals surface area contributed by atoms with Crippen molar-refractivity contribution >= 4 is 23.0 Å².